The molecule has 0 bridgehead atoms. The zero-order valence-electron chi connectivity index (χ0n) is 12.6. The summed E-state index contributed by atoms with van der Waals surface area (Å²) in [6.07, 6.45) is 0.806. The summed E-state index contributed by atoms with van der Waals surface area (Å²) in [5.41, 5.74) is 0.496. The predicted molar refractivity (Wildman–Crippen MR) is 84.9 cm³/mol. The van der Waals surface area contributed by atoms with Crippen molar-refractivity contribution in [1.82, 2.24) is 4.90 Å². The van der Waals surface area contributed by atoms with Crippen LogP contribution in [0, 0.1) is 0 Å². The Morgan fingerprint density at radius 1 is 1.36 bits per heavy atom. The molecule has 1 aliphatic heterocycles. The highest BCUT2D eigenvalue weighted by atomic mass is 35.5. The number of aliphatic hydroxyl groups excluding tert-OH is 1. The van der Waals surface area contributed by atoms with Gasteiger partial charge in [-0.2, -0.15) is 0 Å². The number of halogens is 1. The van der Waals surface area contributed by atoms with Crippen LogP contribution < -0.4 is 14.8 Å². The Kier molecular flexibility index (Phi) is 6.30. The topological polar surface area (TPSA) is 71.0 Å². The van der Waals surface area contributed by atoms with Crippen molar-refractivity contribution in [3.63, 3.8) is 0 Å². The first kappa shape index (κ1) is 16.9. The standard InChI is InChI=1S/C15H21ClN2O4/c1-2-18(4-5-19)10-15(20)17-12-9-14-13(8-11(12)16)21-6-3-7-22-14/h8-9,19H,2-7,10H2,1H3,(H,17,20). The first-order valence-corrected chi connectivity index (χ1v) is 7.74. The third-order valence-electron chi connectivity index (χ3n) is 3.34. The van der Waals surface area contributed by atoms with Gasteiger partial charge in [0.15, 0.2) is 11.5 Å². The minimum atomic E-state index is -0.188. The molecule has 0 radical (unpaired) electrons. The van der Waals surface area contributed by atoms with E-state index in [-0.39, 0.29) is 19.1 Å². The molecule has 0 unspecified atom stereocenters. The van der Waals surface area contributed by atoms with Gasteiger partial charge in [-0.3, -0.25) is 9.69 Å². The molecule has 2 rings (SSSR count). The maximum atomic E-state index is 12.1. The van der Waals surface area contributed by atoms with Gasteiger partial charge in [0.25, 0.3) is 0 Å². The lowest BCUT2D eigenvalue weighted by Crippen LogP contribution is -2.35. The highest BCUT2D eigenvalue weighted by Gasteiger charge is 2.16. The molecule has 7 heteroatoms. The highest BCUT2D eigenvalue weighted by molar-refractivity contribution is 6.34. The molecular formula is C15H21ClN2O4. The Hall–Kier alpha value is -1.50. The zero-order valence-corrected chi connectivity index (χ0v) is 13.4. The van der Waals surface area contributed by atoms with E-state index in [0.29, 0.717) is 48.5 Å². The van der Waals surface area contributed by atoms with Crippen molar-refractivity contribution in [2.75, 3.05) is 44.8 Å². The minimum Gasteiger partial charge on any atom is -0.490 e. The fourth-order valence-electron chi connectivity index (χ4n) is 2.16. The van der Waals surface area contributed by atoms with Gasteiger partial charge in [-0.25, -0.2) is 0 Å². The number of nitrogens with one attached hydrogen (secondary N) is 1. The fourth-order valence-corrected chi connectivity index (χ4v) is 2.36. The van der Waals surface area contributed by atoms with Crippen LogP contribution in [-0.4, -0.2) is 55.4 Å². The van der Waals surface area contributed by atoms with E-state index in [4.69, 9.17) is 26.2 Å². The van der Waals surface area contributed by atoms with Gasteiger partial charge < -0.3 is 19.9 Å². The molecule has 0 saturated heterocycles. The number of carbonyl (C=O) groups excluding carboxylic acids is 1. The number of carbonyl (C=O) groups is 1. The number of nitrogens with zero attached hydrogens (tertiary/aromatic N) is 1. The number of rotatable bonds is 6. The van der Waals surface area contributed by atoms with Gasteiger partial charge in [-0.15, -0.1) is 0 Å². The van der Waals surface area contributed by atoms with E-state index in [0.717, 1.165) is 6.42 Å². The number of fused-ring (bicyclic) bond motifs is 1. The van der Waals surface area contributed by atoms with Gasteiger partial charge in [-0.05, 0) is 6.54 Å². The van der Waals surface area contributed by atoms with Crippen LogP contribution in [0.15, 0.2) is 12.1 Å². The van der Waals surface area contributed by atoms with Gasteiger partial charge in [0, 0.05) is 25.1 Å². The van der Waals surface area contributed by atoms with Crippen molar-refractivity contribution in [2.45, 2.75) is 13.3 Å². The number of aliphatic hydroxyl groups is 1. The van der Waals surface area contributed by atoms with E-state index in [1.807, 2.05) is 11.8 Å². The number of ether oxygens (including phenoxy) is 2. The molecule has 0 spiro atoms. The second-order valence-corrected chi connectivity index (χ2v) is 5.38. The van der Waals surface area contributed by atoms with Gasteiger partial charge in [-0.1, -0.05) is 18.5 Å². The highest BCUT2D eigenvalue weighted by Crippen LogP contribution is 2.37. The van der Waals surface area contributed by atoms with Crippen LogP contribution in [0.25, 0.3) is 0 Å². The van der Waals surface area contributed by atoms with Crippen LogP contribution in [0.5, 0.6) is 11.5 Å². The molecule has 22 heavy (non-hydrogen) atoms. The van der Waals surface area contributed by atoms with Crippen molar-refractivity contribution in [3.05, 3.63) is 17.2 Å². The molecule has 2 N–H and O–H groups in total. The van der Waals surface area contributed by atoms with Crippen LogP contribution in [0.2, 0.25) is 5.02 Å². The number of likely N-dealkylation sites (N-methyl/N-ethyl adjacent to an activating group) is 1. The lowest BCUT2D eigenvalue weighted by atomic mass is 10.2. The average Bonchev–Trinajstić information content (AvgIpc) is 2.72. The van der Waals surface area contributed by atoms with Gasteiger partial charge >= 0.3 is 0 Å². The average molecular weight is 329 g/mol. The van der Waals surface area contributed by atoms with E-state index in [1.54, 1.807) is 12.1 Å². The molecule has 0 atom stereocenters. The Labute approximate surface area is 135 Å². The smallest absolute Gasteiger partial charge is 0.238 e. The van der Waals surface area contributed by atoms with Gasteiger partial charge in [0.1, 0.15) is 0 Å². The van der Waals surface area contributed by atoms with Crippen LogP contribution in [0.1, 0.15) is 13.3 Å². The summed E-state index contributed by atoms with van der Waals surface area (Å²) in [5.74, 6) is 0.988. The SMILES string of the molecule is CCN(CCO)CC(=O)Nc1cc2c(cc1Cl)OCCCO2. The van der Waals surface area contributed by atoms with Gasteiger partial charge in [0.2, 0.25) is 5.91 Å². The molecule has 1 aromatic rings. The lowest BCUT2D eigenvalue weighted by molar-refractivity contribution is -0.117. The Bertz CT molecular complexity index is 525. The maximum absolute atomic E-state index is 12.1. The second-order valence-electron chi connectivity index (χ2n) is 4.97. The number of amides is 1. The molecule has 1 aliphatic rings. The fraction of sp³-hybridized carbons (Fsp3) is 0.533. The summed E-state index contributed by atoms with van der Waals surface area (Å²) in [5, 5.41) is 12.1. The first-order chi connectivity index (χ1) is 10.6. The van der Waals surface area contributed by atoms with Crippen molar-refractivity contribution < 1.29 is 19.4 Å². The molecule has 1 heterocycles. The van der Waals surface area contributed by atoms with E-state index in [1.165, 1.54) is 0 Å². The molecular weight excluding hydrogens is 308 g/mol. The van der Waals surface area contributed by atoms with Crippen LogP contribution in [-0.2, 0) is 4.79 Å². The number of benzene rings is 1. The zero-order chi connectivity index (χ0) is 15.9. The Morgan fingerprint density at radius 3 is 2.68 bits per heavy atom. The quantitative estimate of drug-likeness (QED) is 0.832. The maximum Gasteiger partial charge on any atom is 0.238 e. The first-order valence-electron chi connectivity index (χ1n) is 7.36. The second kappa shape index (κ2) is 8.22. The van der Waals surface area contributed by atoms with E-state index < -0.39 is 0 Å². The summed E-state index contributed by atoms with van der Waals surface area (Å²) in [6, 6.07) is 3.34. The monoisotopic (exact) mass is 328 g/mol. The van der Waals surface area contributed by atoms with Crippen molar-refractivity contribution in [3.8, 4) is 11.5 Å². The van der Waals surface area contributed by atoms with E-state index >= 15 is 0 Å². The third kappa shape index (κ3) is 4.50. The van der Waals surface area contributed by atoms with Crippen molar-refractivity contribution >= 4 is 23.2 Å². The molecule has 122 valence electrons. The molecule has 6 nitrogen and oxygen atoms in total. The van der Waals surface area contributed by atoms with Crippen molar-refractivity contribution in [1.29, 1.82) is 0 Å². The lowest BCUT2D eigenvalue weighted by Gasteiger charge is -2.19. The molecule has 1 amide bonds. The van der Waals surface area contributed by atoms with Gasteiger partial charge in [0.05, 0.1) is 37.1 Å². The van der Waals surface area contributed by atoms with Crippen LogP contribution >= 0.6 is 11.6 Å². The van der Waals surface area contributed by atoms with Crippen LogP contribution in [0.4, 0.5) is 5.69 Å². The Balaban J connectivity index is 2.06. The predicted octanol–water partition coefficient (Wildman–Crippen LogP) is 1.75. The summed E-state index contributed by atoms with van der Waals surface area (Å²) in [4.78, 5) is 13.9. The number of hydrogen-bond donors (Lipinski definition) is 2. The molecule has 0 saturated carbocycles. The molecule has 0 aliphatic carbocycles. The molecule has 1 aromatic carbocycles. The normalized spacial score (nSPS) is 13.8. The Morgan fingerprint density at radius 2 is 2.05 bits per heavy atom. The largest absolute Gasteiger partial charge is 0.490 e. The molecule has 0 aromatic heterocycles. The summed E-state index contributed by atoms with van der Waals surface area (Å²) >= 11 is 6.19. The summed E-state index contributed by atoms with van der Waals surface area (Å²) in [7, 11) is 0. The summed E-state index contributed by atoms with van der Waals surface area (Å²) < 4.78 is 11.1. The van der Waals surface area contributed by atoms with Crippen LogP contribution in [0.3, 0.4) is 0 Å². The van der Waals surface area contributed by atoms with E-state index in [2.05, 4.69) is 5.32 Å². The third-order valence-corrected chi connectivity index (χ3v) is 3.65. The molecule has 0 fully saturated rings. The number of anilines is 1. The summed E-state index contributed by atoms with van der Waals surface area (Å²) in [6.45, 7) is 4.45. The van der Waals surface area contributed by atoms with Crippen molar-refractivity contribution in [2.24, 2.45) is 0 Å². The minimum absolute atomic E-state index is 0.0197. The van der Waals surface area contributed by atoms with E-state index in [9.17, 15) is 4.79 Å². The number of hydrogen-bond acceptors (Lipinski definition) is 5.